The van der Waals surface area contributed by atoms with Gasteiger partial charge in [-0.3, -0.25) is 0 Å². The molecule has 3 aromatic carbocycles. The molecule has 0 N–H and O–H groups in total. The predicted octanol–water partition coefficient (Wildman–Crippen LogP) is 8.41. The number of benzene rings is 3. The summed E-state index contributed by atoms with van der Waals surface area (Å²) in [4.78, 5) is 14.7. The van der Waals surface area contributed by atoms with Crippen LogP contribution in [0.4, 0.5) is 0 Å². The number of rotatable bonds is 14. The van der Waals surface area contributed by atoms with Crippen molar-refractivity contribution in [3.8, 4) is 11.4 Å². The standard InChI is InChI=1S/C32H39N3O2/c1-3-4-5-6-7-8-9-10-11-13-20-27-23-25(2)24-30(35-33-28-21-16-17-22-29(28)34-35)31(27)37-32(36)26-18-14-12-15-19-26/h12,14-19,21-24H,3-11,13,20H2,1-2H3. The van der Waals surface area contributed by atoms with Crippen molar-refractivity contribution in [3.05, 3.63) is 83.4 Å². The summed E-state index contributed by atoms with van der Waals surface area (Å²) in [7, 11) is 0. The van der Waals surface area contributed by atoms with Crippen LogP contribution in [-0.2, 0) is 6.42 Å². The molecular weight excluding hydrogens is 458 g/mol. The van der Waals surface area contributed by atoms with Crippen molar-refractivity contribution in [2.45, 2.75) is 84.5 Å². The zero-order valence-corrected chi connectivity index (χ0v) is 22.3. The molecule has 0 aliphatic heterocycles. The molecule has 1 heterocycles. The molecule has 0 radical (unpaired) electrons. The monoisotopic (exact) mass is 497 g/mol. The van der Waals surface area contributed by atoms with Crippen LogP contribution in [-0.4, -0.2) is 21.0 Å². The fourth-order valence-electron chi connectivity index (χ4n) is 4.78. The van der Waals surface area contributed by atoms with Gasteiger partial charge in [-0.05, 0) is 61.2 Å². The first-order valence-corrected chi connectivity index (χ1v) is 13.9. The topological polar surface area (TPSA) is 57.0 Å². The number of hydrogen-bond acceptors (Lipinski definition) is 4. The van der Waals surface area contributed by atoms with Crippen molar-refractivity contribution in [2.75, 3.05) is 0 Å². The van der Waals surface area contributed by atoms with E-state index in [0.717, 1.165) is 35.0 Å². The molecule has 4 aromatic rings. The first-order chi connectivity index (χ1) is 18.2. The van der Waals surface area contributed by atoms with Crippen molar-refractivity contribution in [3.63, 3.8) is 0 Å². The first-order valence-electron chi connectivity index (χ1n) is 13.9. The lowest BCUT2D eigenvalue weighted by Gasteiger charge is -2.16. The molecule has 5 heteroatoms. The summed E-state index contributed by atoms with van der Waals surface area (Å²) < 4.78 is 6.07. The SMILES string of the molecule is CCCCCCCCCCCCc1cc(C)cc(-n2nc3ccccc3n2)c1OC(=O)c1ccccc1. The van der Waals surface area contributed by atoms with Gasteiger partial charge in [0.15, 0.2) is 5.75 Å². The van der Waals surface area contributed by atoms with Gasteiger partial charge in [-0.2, -0.15) is 0 Å². The largest absolute Gasteiger partial charge is 0.420 e. The van der Waals surface area contributed by atoms with Crippen molar-refractivity contribution in [2.24, 2.45) is 0 Å². The van der Waals surface area contributed by atoms with E-state index >= 15 is 0 Å². The molecule has 0 spiro atoms. The zero-order chi connectivity index (χ0) is 25.9. The van der Waals surface area contributed by atoms with E-state index in [1.807, 2.05) is 48.5 Å². The molecule has 5 nitrogen and oxygen atoms in total. The second-order valence-corrected chi connectivity index (χ2v) is 9.94. The molecule has 194 valence electrons. The van der Waals surface area contributed by atoms with E-state index in [-0.39, 0.29) is 5.97 Å². The minimum absolute atomic E-state index is 0.369. The van der Waals surface area contributed by atoms with Crippen LogP contribution in [0.1, 0.15) is 92.6 Å². The molecule has 0 saturated carbocycles. The predicted molar refractivity (Wildman–Crippen MR) is 151 cm³/mol. The van der Waals surface area contributed by atoms with Gasteiger partial charge in [-0.1, -0.05) is 101 Å². The number of ether oxygens (including phenoxy) is 1. The number of aromatic nitrogens is 3. The highest BCUT2D eigenvalue weighted by Crippen LogP contribution is 2.32. The second kappa shape index (κ2) is 13.7. The molecule has 0 saturated heterocycles. The minimum atomic E-state index is -0.369. The van der Waals surface area contributed by atoms with Crippen molar-refractivity contribution >= 4 is 17.0 Å². The van der Waals surface area contributed by atoms with Crippen LogP contribution in [0.2, 0.25) is 0 Å². The Morgan fingerprint density at radius 1 is 0.757 bits per heavy atom. The Labute approximate surface area is 220 Å². The molecular formula is C32H39N3O2. The summed E-state index contributed by atoms with van der Waals surface area (Å²) in [6, 6.07) is 21.0. The van der Waals surface area contributed by atoms with Gasteiger partial charge in [0.1, 0.15) is 16.7 Å². The fourth-order valence-corrected chi connectivity index (χ4v) is 4.78. The Morgan fingerprint density at radius 3 is 1.95 bits per heavy atom. The maximum atomic E-state index is 13.1. The highest BCUT2D eigenvalue weighted by atomic mass is 16.5. The molecule has 4 rings (SSSR count). The number of carbonyl (C=O) groups is 1. The van der Waals surface area contributed by atoms with Crippen LogP contribution in [0.25, 0.3) is 16.7 Å². The average molecular weight is 498 g/mol. The van der Waals surface area contributed by atoms with Crippen LogP contribution < -0.4 is 4.74 Å². The van der Waals surface area contributed by atoms with E-state index in [0.29, 0.717) is 17.0 Å². The third-order valence-corrected chi connectivity index (χ3v) is 6.80. The van der Waals surface area contributed by atoms with E-state index in [1.54, 1.807) is 16.9 Å². The second-order valence-electron chi connectivity index (χ2n) is 9.94. The summed E-state index contributed by atoms with van der Waals surface area (Å²) in [6.45, 7) is 4.33. The van der Waals surface area contributed by atoms with Gasteiger partial charge < -0.3 is 4.74 Å². The summed E-state index contributed by atoms with van der Waals surface area (Å²) in [6.07, 6.45) is 13.7. The Kier molecular flexibility index (Phi) is 9.87. The summed E-state index contributed by atoms with van der Waals surface area (Å²) in [5.41, 5.74) is 4.96. The minimum Gasteiger partial charge on any atom is -0.420 e. The van der Waals surface area contributed by atoms with E-state index in [2.05, 4.69) is 30.1 Å². The van der Waals surface area contributed by atoms with E-state index in [4.69, 9.17) is 4.74 Å². The molecule has 0 amide bonds. The quantitative estimate of drug-likeness (QED) is 0.0996. The molecule has 1 aromatic heterocycles. The van der Waals surface area contributed by atoms with Gasteiger partial charge >= 0.3 is 5.97 Å². The fraction of sp³-hybridized carbons (Fsp3) is 0.406. The number of hydrogen-bond donors (Lipinski definition) is 0. The van der Waals surface area contributed by atoms with Crippen LogP contribution in [0.15, 0.2) is 66.7 Å². The summed E-state index contributed by atoms with van der Waals surface area (Å²) in [5, 5.41) is 9.35. The highest BCUT2D eigenvalue weighted by Gasteiger charge is 2.19. The first kappa shape index (κ1) is 26.6. The number of esters is 1. The van der Waals surface area contributed by atoms with Gasteiger partial charge in [-0.25, -0.2) is 4.79 Å². The smallest absolute Gasteiger partial charge is 0.343 e. The number of unbranched alkanes of at least 4 members (excludes halogenated alkanes) is 9. The van der Waals surface area contributed by atoms with Crippen molar-refractivity contribution < 1.29 is 9.53 Å². The van der Waals surface area contributed by atoms with Crippen LogP contribution >= 0.6 is 0 Å². The van der Waals surface area contributed by atoms with E-state index < -0.39 is 0 Å². The van der Waals surface area contributed by atoms with Crippen molar-refractivity contribution in [1.29, 1.82) is 0 Å². The number of nitrogens with zero attached hydrogens (tertiary/aromatic N) is 3. The number of fused-ring (bicyclic) bond motifs is 1. The number of aryl methyl sites for hydroxylation is 2. The molecule has 0 bridgehead atoms. The van der Waals surface area contributed by atoms with E-state index in [1.165, 1.54) is 57.8 Å². The lowest BCUT2D eigenvalue weighted by atomic mass is 10.0. The summed E-state index contributed by atoms with van der Waals surface area (Å²) in [5.74, 6) is 0.183. The van der Waals surface area contributed by atoms with Gasteiger partial charge in [0, 0.05) is 0 Å². The summed E-state index contributed by atoms with van der Waals surface area (Å²) >= 11 is 0. The van der Waals surface area contributed by atoms with Gasteiger partial charge in [-0.15, -0.1) is 15.0 Å². The Hall–Kier alpha value is -3.47. The number of carbonyl (C=O) groups excluding carboxylic acids is 1. The molecule has 0 aliphatic rings. The molecule has 0 aliphatic carbocycles. The zero-order valence-electron chi connectivity index (χ0n) is 22.3. The Balaban J connectivity index is 1.49. The van der Waals surface area contributed by atoms with Crippen molar-refractivity contribution in [1.82, 2.24) is 15.0 Å². The molecule has 0 fully saturated rings. The van der Waals surface area contributed by atoms with Crippen LogP contribution in [0, 0.1) is 6.92 Å². The molecule has 37 heavy (non-hydrogen) atoms. The van der Waals surface area contributed by atoms with Gasteiger partial charge in [0.25, 0.3) is 0 Å². The Morgan fingerprint density at radius 2 is 1.32 bits per heavy atom. The van der Waals surface area contributed by atoms with Gasteiger partial charge in [0.2, 0.25) is 0 Å². The van der Waals surface area contributed by atoms with Crippen LogP contribution in [0.5, 0.6) is 5.75 Å². The maximum absolute atomic E-state index is 13.1. The van der Waals surface area contributed by atoms with Gasteiger partial charge in [0.05, 0.1) is 5.56 Å². The average Bonchev–Trinajstić information content (AvgIpc) is 3.35. The molecule has 0 atom stereocenters. The van der Waals surface area contributed by atoms with E-state index in [9.17, 15) is 4.79 Å². The third-order valence-electron chi connectivity index (χ3n) is 6.80. The lowest BCUT2D eigenvalue weighted by Crippen LogP contribution is -2.13. The normalized spacial score (nSPS) is 11.2. The Bertz CT molecular complexity index is 1250. The highest BCUT2D eigenvalue weighted by molar-refractivity contribution is 5.91. The lowest BCUT2D eigenvalue weighted by molar-refractivity contribution is 0.0732. The molecule has 0 unspecified atom stereocenters. The third kappa shape index (κ3) is 7.51. The maximum Gasteiger partial charge on any atom is 0.343 e. The van der Waals surface area contributed by atoms with Crippen LogP contribution in [0.3, 0.4) is 0 Å².